The molecular formula is C20H20N2O3. The van der Waals surface area contributed by atoms with E-state index in [-0.39, 0.29) is 12.5 Å². The highest BCUT2D eigenvalue weighted by molar-refractivity contribution is 5.76. The lowest BCUT2D eigenvalue weighted by Crippen LogP contribution is -2.16. The van der Waals surface area contributed by atoms with Gasteiger partial charge in [-0.15, -0.1) is 0 Å². The second kappa shape index (κ2) is 7.66. The van der Waals surface area contributed by atoms with Gasteiger partial charge in [-0.25, -0.2) is 4.98 Å². The highest BCUT2D eigenvalue weighted by Gasteiger charge is 2.08. The Morgan fingerprint density at radius 1 is 1.16 bits per heavy atom. The van der Waals surface area contributed by atoms with Crippen molar-refractivity contribution in [3.8, 4) is 22.6 Å². The van der Waals surface area contributed by atoms with Gasteiger partial charge in [-0.05, 0) is 54.8 Å². The second-order valence-corrected chi connectivity index (χ2v) is 5.60. The van der Waals surface area contributed by atoms with Crippen molar-refractivity contribution in [1.29, 1.82) is 0 Å². The third-order valence-electron chi connectivity index (χ3n) is 3.85. The van der Waals surface area contributed by atoms with Crippen LogP contribution in [0, 0.1) is 6.92 Å². The number of nitrogens with zero attached hydrogens (tertiary/aromatic N) is 1. The van der Waals surface area contributed by atoms with Gasteiger partial charge < -0.3 is 14.5 Å². The minimum Gasteiger partial charge on any atom is -0.465 e. The van der Waals surface area contributed by atoms with E-state index < -0.39 is 0 Å². The summed E-state index contributed by atoms with van der Waals surface area (Å²) in [6, 6.07) is 14.1. The van der Waals surface area contributed by atoms with Crippen LogP contribution in [0.15, 0.2) is 59.3 Å². The normalized spacial score (nSPS) is 10.5. The third-order valence-corrected chi connectivity index (χ3v) is 3.85. The van der Waals surface area contributed by atoms with Gasteiger partial charge in [0.05, 0.1) is 12.8 Å². The van der Waals surface area contributed by atoms with Gasteiger partial charge in [0.15, 0.2) is 0 Å². The molecule has 0 radical (unpaired) electrons. The van der Waals surface area contributed by atoms with E-state index in [4.69, 9.17) is 9.15 Å². The van der Waals surface area contributed by atoms with Gasteiger partial charge in [0, 0.05) is 11.3 Å². The largest absolute Gasteiger partial charge is 0.465 e. The molecule has 128 valence electrons. The molecule has 0 aliphatic rings. The van der Waals surface area contributed by atoms with Crippen LogP contribution in [0.4, 0.5) is 5.69 Å². The number of esters is 1. The summed E-state index contributed by atoms with van der Waals surface area (Å²) in [7, 11) is 0. The van der Waals surface area contributed by atoms with Crippen LogP contribution in [0.5, 0.6) is 0 Å². The van der Waals surface area contributed by atoms with Crippen LogP contribution in [-0.4, -0.2) is 24.1 Å². The summed E-state index contributed by atoms with van der Waals surface area (Å²) in [6.45, 7) is 4.41. The predicted octanol–water partition coefficient (Wildman–Crippen LogP) is 4.29. The standard InChI is InChI=1S/C20H20N2O3/c1-3-24-19(23)13-22-17-8-6-15(7-9-17)18-12-16(5-4-14(18)2)20-21-10-11-25-20/h4-12,22H,3,13H2,1-2H3. The average Bonchev–Trinajstić information content (AvgIpc) is 3.16. The lowest BCUT2D eigenvalue weighted by molar-refractivity contribution is -0.140. The van der Waals surface area contributed by atoms with Gasteiger partial charge in [-0.1, -0.05) is 18.2 Å². The Labute approximate surface area is 146 Å². The second-order valence-electron chi connectivity index (χ2n) is 5.60. The zero-order valence-electron chi connectivity index (χ0n) is 14.3. The molecule has 0 aliphatic carbocycles. The van der Waals surface area contributed by atoms with E-state index in [1.165, 1.54) is 5.56 Å². The summed E-state index contributed by atoms with van der Waals surface area (Å²) in [5, 5.41) is 3.06. The number of rotatable bonds is 6. The Morgan fingerprint density at radius 3 is 2.60 bits per heavy atom. The van der Waals surface area contributed by atoms with Gasteiger partial charge in [-0.2, -0.15) is 0 Å². The van der Waals surface area contributed by atoms with Crippen molar-refractivity contribution in [2.45, 2.75) is 13.8 Å². The first-order chi connectivity index (χ1) is 12.2. The number of carbonyl (C=O) groups excluding carboxylic acids is 1. The molecule has 1 heterocycles. The average molecular weight is 336 g/mol. The maximum Gasteiger partial charge on any atom is 0.325 e. The quantitative estimate of drug-likeness (QED) is 0.680. The topological polar surface area (TPSA) is 64.4 Å². The van der Waals surface area contributed by atoms with Crippen LogP contribution < -0.4 is 5.32 Å². The number of carbonyl (C=O) groups is 1. The van der Waals surface area contributed by atoms with Gasteiger partial charge in [0.1, 0.15) is 12.8 Å². The number of anilines is 1. The number of hydrogen-bond donors (Lipinski definition) is 1. The Kier molecular flexibility index (Phi) is 5.14. The molecule has 25 heavy (non-hydrogen) atoms. The molecule has 5 heteroatoms. The SMILES string of the molecule is CCOC(=O)CNc1ccc(-c2cc(-c3ncco3)ccc2C)cc1. The summed E-state index contributed by atoms with van der Waals surface area (Å²) in [4.78, 5) is 15.6. The minimum absolute atomic E-state index is 0.159. The highest BCUT2D eigenvalue weighted by atomic mass is 16.5. The number of aryl methyl sites for hydroxylation is 1. The fourth-order valence-corrected chi connectivity index (χ4v) is 2.59. The molecule has 3 aromatic rings. The molecule has 3 rings (SSSR count). The van der Waals surface area contributed by atoms with Crippen molar-refractivity contribution in [2.24, 2.45) is 0 Å². The molecule has 1 N–H and O–H groups in total. The van der Waals surface area contributed by atoms with Crippen LogP contribution in [0.3, 0.4) is 0 Å². The molecule has 0 saturated heterocycles. The van der Waals surface area contributed by atoms with Crippen molar-refractivity contribution in [3.63, 3.8) is 0 Å². The molecule has 0 amide bonds. The van der Waals surface area contributed by atoms with Crippen molar-refractivity contribution >= 4 is 11.7 Å². The molecule has 5 nitrogen and oxygen atoms in total. The van der Waals surface area contributed by atoms with E-state index in [2.05, 4.69) is 29.4 Å². The molecule has 0 bridgehead atoms. The highest BCUT2D eigenvalue weighted by Crippen LogP contribution is 2.29. The van der Waals surface area contributed by atoms with Crippen LogP contribution in [0.2, 0.25) is 0 Å². The van der Waals surface area contributed by atoms with E-state index in [9.17, 15) is 4.79 Å². The molecule has 0 unspecified atom stereocenters. The van der Waals surface area contributed by atoms with Crippen LogP contribution in [0.1, 0.15) is 12.5 Å². The first kappa shape index (κ1) is 16.8. The van der Waals surface area contributed by atoms with E-state index in [1.54, 1.807) is 19.4 Å². The van der Waals surface area contributed by atoms with E-state index in [0.29, 0.717) is 12.5 Å². The Balaban J connectivity index is 1.78. The summed E-state index contributed by atoms with van der Waals surface area (Å²) in [5.74, 6) is 0.343. The Morgan fingerprint density at radius 2 is 1.92 bits per heavy atom. The van der Waals surface area contributed by atoms with Crippen molar-refractivity contribution in [2.75, 3.05) is 18.5 Å². The Hall–Kier alpha value is -3.08. The smallest absolute Gasteiger partial charge is 0.325 e. The fraction of sp³-hybridized carbons (Fsp3) is 0.200. The molecule has 0 saturated carbocycles. The van der Waals surface area contributed by atoms with Crippen LogP contribution in [0.25, 0.3) is 22.6 Å². The van der Waals surface area contributed by atoms with Crippen LogP contribution in [-0.2, 0) is 9.53 Å². The predicted molar refractivity (Wildman–Crippen MR) is 97.2 cm³/mol. The summed E-state index contributed by atoms with van der Waals surface area (Å²) >= 11 is 0. The van der Waals surface area contributed by atoms with Gasteiger partial charge >= 0.3 is 5.97 Å². The maximum atomic E-state index is 11.4. The number of nitrogens with one attached hydrogen (secondary N) is 1. The number of oxazole rings is 1. The molecule has 0 atom stereocenters. The number of hydrogen-bond acceptors (Lipinski definition) is 5. The summed E-state index contributed by atoms with van der Waals surface area (Å²) in [5.41, 5.74) is 5.19. The van der Waals surface area contributed by atoms with E-state index >= 15 is 0 Å². The first-order valence-electron chi connectivity index (χ1n) is 8.18. The lowest BCUT2D eigenvalue weighted by Gasteiger charge is -2.10. The fourth-order valence-electron chi connectivity index (χ4n) is 2.59. The molecule has 0 aliphatic heterocycles. The van der Waals surface area contributed by atoms with Crippen LogP contribution >= 0.6 is 0 Å². The van der Waals surface area contributed by atoms with Gasteiger partial charge in [0.25, 0.3) is 0 Å². The van der Waals surface area contributed by atoms with Crippen molar-refractivity contribution in [1.82, 2.24) is 4.98 Å². The monoisotopic (exact) mass is 336 g/mol. The van der Waals surface area contributed by atoms with Crippen molar-refractivity contribution < 1.29 is 13.9 Å². The number of aromatic nitrogens is 1. The summed E-state index contributed by atoms with van der Waals surface area (Å²) < 4.78 is 10.3. The molecule has 0 spiro atoms. The number of benzene rings is 2. The Bertz CT molecular complexity index is 840. The third kappa shape index (κ3) is 4.07. The molecular weight excluding hydrogens is 316 g/mol. The zero-order chi connectivity index (χ0) is 17.6. The van der Waals surface area contributed by atoms with Crippen molar-refractivity contribution in [3.05, 3.63) is 60.5 Å². The maximum absolute atomic E-state index is 11.4. The van der Waals surface area contributed by atoms with E-state index in [1.807, 2.05) is 30.3 Å². The van der Waals surface area contributed by atoms with Gasteiger partial charge in [0.2, 0.25) is 5.89 Å². The lowest BCUT2D eigenvalue weighted by atomic mass is 9.98. The molecule has 1 aromatic heterocycles. The molecule has 2 aromatic carbocycles. The minimum atomic E-state index is -0.263. The zero-order valence-corrected chi connectivity index (χ0v) is 14.3. The molecule has 0 fully saturated rings. The first-order valence-corrected chi connectivity index (χ1v) is 8.18. The van der Waals surface area contributed by atoms with E-state index in [0.717, 1.165) is 22.4 Å². The van der Waals surface area contributed by atoms with Gasteiger partial charge in [-0.3, -0.25) is 4.79 Å². The number of ether oxygens (including phenoxy) is 1. The summed E-state index contributed by atoms with van der Waals surface area (Å²) in [6.07, 6.45) is 3.21.